The van der Waals surface area contributed by atoms with Crippen molar-refractivity contribution in [2.24, 2.45) is 5.73 Å². The van der Waals surface area contributed by atoms with Gasteiger partial charge in [0.15, 0.2) is 17.2 Å². The Bertz CT molecular complexity index is 1390. The van der Waals surface area contributed by atoms with Crippen molar-refractivity contribution in [3.8, 4) is 17.3 Å². The highest BCUT2D eigenvalue weighted by Gasteiger charge is 2.46. The molecule has 1 aliphatic rings. The summed E-state index contributed by atoms with van der Waals surface area (Å²) in [6, 6.07) is 5.26. The molecule has 1 aromatic carbocycles. The number of nitrogens with two attached hydrogens (primary N) is 1. The molecular weight excluding hydrogens is 478 g/mol. The zero-order valence-electron chi connectivity index (χ0n) is 17.9. The van der Waals surface area contributed by atoms with Gasteiger partial charge in [0, 0.05) is 36.8 Å². The smallest absolute Gasteiger partial charge is 0.408 e. The van der Waals surface area contributed by atoms with Gasteiger partial charge in [0.05, 0.1) is 0 Å². The van der Waals surface area contributed by atoms with E-state index in [1.807, 2.05) is 0 Å². The van der Waals surface area contributed by atoms with Crippen LogP contribution in [0.3, 0.4) is 0 Å². The number of halogens is 6. The van der Waals surface area contributed by atoms with Gasteiger partial charge >= 0.3 is 12.8 Å². The molecule has 35 heavy (non-hydrogen) atoms. The molecule has 0 amide bonds. The lowest BCUT2D eigenvalue weighted by atomic mass is 10.1. The maximum absolute atomic E-state index is 14.0. The molecule has 1 saturated heterocycles. The SMILES string of the molecule is NC1CCN([C@H](c2ccc3nnc(-c4ccc5cc(F)cc(OC(F)F)c5n4)n3c2)C(F)(F)F)C1. The molecule has 5 rings (SSSR count). The summed E-state index contributed by atoms with van der Waals surface area (Å²) in [5.74, 6) is -1.19. The Morgan fingerprint density at radius 2 is 1.89 bits per heavy atom. The highest BCUT2D eigenvalue weighted by molar-refractivity contribution is 5.86. The second-order valence-electron chi connectivity index (χ2n) is 8.25. The van der Waals surface area contributed by atoms with E-state index in [1.165, 1.54) is 39.8 Å². The average Bonchev–Trinajstić information content (AvgIpc) is 3.38. The molecule has 3 aromatic heterocycles. The van der Waals surface area contributed by atoms with E-state index < -0.39 is 30.4 Å². The fraction of sp³-hybridized carbons (Fsp3) is 0.318. The van der Waals surface area contributed by atoms with Crippen LogP contribution in [0.25, 0.3) is 28.1 Å². The largest absolute Gasteiger partial charge is 0.432 e. The number of nitrogens with zero attached hydrogens (tertiary/aromatic N) is 5. The highest BCUT2D eigenvalue weighted by Crippen LogP contribution is 2.39. The normalized spacial score (nSPS) is 18.1. The van der Waals surface area contributed by atoms with Gasteiger partial charge in [-0.05, 0) is 30.2 Å². The van der Waals surface area contributed by atoms with Gasteiger partial charge in [-0.3, -0.25) is 9.30 Å². The van der Waals surface area contributed by atoms with E-state index in [9.17, 15) is 26.3 Å². The first kappa shape index (κ1) is 23.3. The van der Waals surface area contributed by atoms with Crippen LogP contribution in [0, 0.1) is 5.82 Å². The van der Waals surface area contributed by atoms with Crippen LogP contribution in [-0.2, 0) is 0 Å². The molecule has 13 heteroatoms. The molecular formula is C22H18F6N6O. The Morgan fingerprint density at radius 3 is 2.57 bits per heavy atom. The van der Waals surface area contributed by atoms with E-state index >= 15 is 0 Å². The average molecular weight is 496 g/mol. The molecule has 7 nitrogen and oxygen atoms in total. The molecule has 1 aliphatic heterocycles. The standard InChI is InChI=1S/C22H18F6N6O/c23-13-7-11-1-3-15(30-18(11)16(8-13)35-21(24)25)20-32-31-17-4-2-12(9-34(17)20)19(22(26,27)28)33-6-5-14(29)10-33/h1-4,7-9,14,19,21H,5-6,10,29H2/t14?,19-/m1/s1. The number of rotatable bonds is 5. The number of fused-ring (bicyclic) bond motifs is 2. The number of alkyl halides is 5. The summed E-state index contributed by atoms with van der Waals surface area (Å²) in [7, 11) is 0. The molecule has 1 fully saturated rings. The number of hydrogen-bond donors (Lipinski definition) is 1. The van der Waals surface area contributed by atoms with Gasteiger partial charge in [-0.15, -0.1) is 10.2 Å². The van der Waals surface area contributed by atoms with Crippen molar-refractivity contribution in [2.45, 2.75) is 31.3 Å². The summed E-state index contributed by atoms with van der Waals surface area (Å²) >= 11 is 0. The molecule has 2 atom stereocenters. The van der Waals surface area contributed by atoms with Crippen LogP contribution in [-0.4, -0.2) is 56.4 Å². The minimum atomic E-state index is -4.56. The Morgan fingerprint density at radius 1 is 1.09 bits per heavy atom. The van der Waals surface area contributed by atoms with Crippen LogP contribution in [0.15, 0.2) is 42.6 Å². The molecule has 4 aromatic rings. The van der Waals surface area contributed by atoms with Gasteiger partial charge in [0.25, 0.3) is 0 Å². The Kier molecular flexibility index (Phi) is 5.75. The summed E-state index contributed by atoms with van der Waals surface area (Å²) in [6.45, 7) is -2.90. The lowest BCUT2D eigenvalue weighted by Crippen LogP contribution is -2.38. The van der Waals surface area contributed by atoms with Gasteiger partial charge in [0.1, 0.15) is 23.1 Å². The quantitative estimate of drug-likeness (QED) is 0.415. The summed E-state index contributed by atoms with van der Waals surface area (Å²) < 4.78 is 87.4. The van der Waals surface area contributed by atoms with Crippen molar-refractivity contribution in [1.82, 2.24) is 24.5 Å². The molecule has 0 radical (unpaired) electrons. The number of likely N-dealkylation sites (tertiary alicyclic amines) is 1. The first-order valence-electron chi connectivity index (χ1n) is 10.6. The van der Waals surface area contributed by atoms with E-state index in [4.69, 9.17) is 5.73 Å². The Balaban J connectivity index is 1.61. The van der Waals surface area contributed by atoms with E-state index in [0.717, 1.165) is 12.1 Å². The monoisotopic (exact) mass is 496 g/mol. The Labute approximate surface area is 194 Å². The second-order valence-corrected chi connectivity index (χ2v) is 8.25. The maximum atomic E-state index is 14.0. The number of ether oxygens (including phenoxy) is 1. The van der Waals surface area contributed by atoms with Gasteiger partial charge < -0.3 is 10.5 Å². The van der Waals surface area contributed by atoms with E-state index in [-0.39, 0.29) is 52.8 Å². The van der Waals surface area contributed by atoms with Crippen molar-refractivity contribution in [3.05, 3.63) is 54.0 Å². The molecule has 4 heterocycles. The van der Waals surface area contributed by atoms with Crippen molar-refractivity contribution in [1.29, 1.82) is 0 Å². The topological polar surface area (TPSA) is 81.6 Å². The third-order valence-corrected chi connectivity index (χ3v) is 5.84. The van der Waals surface area contributed by atoms with Crippen LogP contribution < -0.4 is 10.5 Å². The van der Waals surface area contributed by atoms with Crippen molar-refractivity contribution in [2.75, 3.05) is 13.1 Å². The van der Waals surface area contributed by atoms with Gasteiger partial charge in [-0.1, -0.05) is 12.1 Å². The first-order chi connectivity index (χ1) is 16.6. The molecule has 1 unspecified atom stereocenters. The van der Waals surface area contributed by atoms with Gasteiger partial charge in [0.2, 0.25) is 0 Å². The number of aromatic nitrogens is 4. The fourth-order valence-electron chi connectivity index (χ4n) is 4.38. The second kappa shape index (κ2) is 8.64. The maximum Gasteiger partial charge on any atom is 0.408 e. The molecule has 0 bridgehead atoms. The lowest BCUT2D eigenvalue weighted by molar-refractivity contribution is -0.183. The lowest BCUT2D eigenvalue weighted by Gasteiger charge is -2.30. The predicted octanol–water partition coefficient (Wildman–Crippen LogP) is 4.32. The highest BCUT2D eigenvalue weighted by atomic mass is 19.4. The molecule has 0 saturated carbocycles. The predicted molar refractivity (Wildman–Crippen MR) is 113 cm³/mol. The summed E-state index contributed by atoms with van der Waals surface area (Å²) in [6.07, 6.45) is -2.82. The van der Waals surface area contributed by atoms with Gasteiger partial charge in [-0.25, -0.2) is 9.37 Å². The summed E-state index contributed by atoms with van der Waals surface area (Å²) in [5, 5.41) is 8.20. The van der Waals surface area contributed by atoms with Crippen LogP contribution in [0.5, 0.6) is 5.75 Å². The third-order valence-electron chi connectivity index (χ3n) is 5.84. The van der Waals surface area contributed by atoms with Crippen LogP contribution >= 0.6 is 0 Å². The van der Waals surface area contributed by atoms with Crippen molar-refractivity contribution < 1.29 is 31.1 Å². The fourth-order valence-corrected chi connectivity index (χ4v) is 4.38. The molecule has 0 aliphatic carbocycles. The minimum absolute atomic E-state index is 0.0373. The number of benzene rings is 1. The molecule has 0 spiro atoms. The molecule has 184 valence electrons. The zero-order chi connectivity index (χ0) is 24.9. The van der Waals surface area contributed by atoms with E-state index in [2.05, 4.69) is 19.9 Å². The summed E-state index contributed by atoms with van der Waals surface area (Å²) in [5.41, 5.74) is 6.12. The van der Waals surface area contributed by atoms with Crippen molar-refractivity contribution in [3.63, 3.8) is 0 Å². The van der Waals surface area contributed by atoms with E-state index in [0.29, 0.717) is 6.42 Å². The molecule has 2 N–H and O–H groups in total. The number of pyridine rings is 2. The zero-order valence-corrected chi connectivity index (χ0v) is 17.9. The summed E-state index contributed by atoms with van der Waals surface area (Å²) in [4.78, 5) is 5.56. The Hall–Kier alpha value is -3.45. The minimum Gasteiger partial charge on any atom is -0.432 e. The van der Waals surface area contributed by atoms with Crippen molar-refractivity contribution >= 4 is 16.6 Å². The van der Waals surface area contributed by atoms with E-state index in [1.54, 1.807) is 0 Å². The number of hydrogen-bond acceptors (Lipinski definition) is 6. The van der Waals surface area contributed by atoms with Gasteiger partial charge in [-0.2, -0.15) is 22.0 Å². The van der Waals surface area contributed by atoms with Crippen LogP contribution in [0.2, 0.25) is 0 Å². The van der Waals surface area contributed by atoms with Crippen LogP contribution in [0.1, 0.15) is 18.0 Å². The first-order valence-corrected chi connectivity index (χ1v) is 10.6. The third kappa shape index (κ3) is 4.48. The van der Waals surface area contributed by atoms with Crippen LogP contribution in [0.4, 0.5) is 26.3 Å².